The number of carbonyl (C=O) groups is 2. The average Bonchev–Trinajstić information content (AvgIpc) is 2.64. The van der Waals surface area contributed by atoms with Crippen LogP contribution in [0.5, 0.6) is 0 Å². The Morgan fingerprint density at radius 2 is 1.72 bits per heavy atom. The van der Waals surface area contributed by atoms with Gasteiger partial charge in [0.05, 0.1) is 16.9 Å². The summed E-state index contributed by atoms with van der Waals surface area (Å²) in [6.45, 7) is 7.24. The summed E-state index contributed by atoms with van der Waals surface area (Å²) in [6.07, 6.45) is -0.911. The third-order valence-electron chi connectivity index (χ3n) is 4.84. The number of nitrogens with one attached hydrogen (secondary N) is 2. The zero-order valence-corrected chi connectivity index (χ0v) is 17.3. The number of hydrogen-bond acceptors (Lipinski definition) is 3. The first-order valence-electron chi connectivity index (χ1n) is 10.0. The van der Waals surface area contributed by atoms with Crippen LogP contribution in [-0.2, 0) is 15.8 Å². The number of hydrogen-bond donors (Lipinski definition) is 2. The number of amides is 2. The van der Waals surface area contributed by atoms with Gasteiger partial charge in [-0.15, -0.1) is 0 Å². The molecule has 1 aliphatic rings. The predicted molar refractivity (Wildman–Crippen MR) is 108 cm³/mol. The number of anilines is 2. The Hall–Kier alpha value is -2.25. The fourth-order valence-corrected chi connectivity index (χ4v) is 3.15. The van der Waals surface area contributed by atoms with Crippen molar-refractivity contribution >= 4 is 23.2 Å². The van der Waals surface area contributed by atoms with Crippen LogP contribution in [0, 0.1) is 5.41 Å². The molecule has 2 N–H and O–H groups in total. The van der Waals surface area contributed by atoms with Crippen molar-refractivity contribution < 1.29 is 22.8 Å². The van der Waals surface area contributed by atoms with Crippen LogP contribution in [0.3, 0.4) is 0 Å². The van der Waals surface area contributed by atoms with E-state index in [1.54, 1.807) is 20.8 Å². The van der Waals surface area contributed by atoms with Crippen molar-refractivity contribution in [1.82, 2.24) is 5.32 Å². The summed E-state index contributed by atoms with van der Waals surface area (Å²) in [5.74, 6) is -0.476. The maximum absolute atomic E-state index is 13.1. The van der Waals surface area contributed by atoms with Gasteiger partial charge in [-0.2, -0.15) is 13.2 Å². The van der Waals surface area contributed by atoms with E-state index in [0.717, 1.165) is 44.5 Å². The molecule has 1 fully saturated rings. The molecule has 29 heavy (non-hydrogen) atoms. The highest BCUT2D eigenvalue weighted by atomic mass is 19.4. The predicted octanol–water partition coefficient (Wildman–Crippen LogP) is 4.58. The smallest absolute Gasteiger partial charge is 0.370 e. The number of alkyl halides is 3. The molecule has 0 saturated carbocycles. The molecule has 8 heteroatoms. The van der Waals surface area contributed by atoms with Gasteiger partial charge < -0.3 is 15.5 Å². The van der Waals surface area contributed by atoms with Crippen LogP contribution in [-0.4, -0.2) is 31.4 Å². The SMILES string of the molecule is CC(C)(C)C(=O)NCCCC(=O)Nc1cc(C(F)(F)F)ccc1N1CCCCC1. The molecule has 0 radical (unpaired) electrons. The van der Waals surface area contributed by atoms with Crippen molar-refractivity contribution in [3.63, 3.8) is 0 Å². The lowest BCUT2D eigenvalue weighted by molar-refractivity contribution is -0.137. The zero-order valence-electron chi connectivity index (χ0n) is 17.3. The summed E-state index contributed by atoms with van der Waals surface area (Å²) >= 11 is 0. The van der Waals surface area contributed by atoms with Crippen molar-refractivity contribution in [2.24, 2.45) is 5.41 Å². The Labute approximate surface area is 170 Å². The number of carbonyl (C=O) groups excluding carboxylic acids is 2. The summed E-state index contributed by atoms with van der Waals surface area (Å²) in [5, 5.41) is 5.40. The van der Waals surface area contributed by atoms with E-state index in [-0.39, 0.29) is 23.9 Å². The Balaban J connectivity index is 2.02. The van der Waals surface area contributed by atoms with Gasteiger partial charge in [0.2, 0.25) is 11.8 Å². The minimum Gasteiger partial charge on any atom is -0.370 e. The van der Waals surface area contributed by atoms with Gasteiger partial charge in [-0.05, 0) is 43.9 Å². The second-order valence-corrected chi connectivity index (χ2v) is 8.44. The third-order valence-corrected chi connectivity index (χ3v) is 4.84. The molecule has 0 bridgehead atoms. The lowest BCUT2D eigenvalue weighted by Gasteiger charge is -2.31. The van der Waals surface area contributed by atoms with E-state index < -0.39 is 17.2 Å². The number of halogens is 3. The first kappa shape index (κ1) is 23.0. The van der Waals surface area contributed by atoms with Gasteiger partial charge in [0.1, 0.15) is 0 Å². The molecule has 5 nitrogen and oxygen atoms in total. The monoisotopic (exact) mass is 413 g/mol. The van der Waals surface area contributed by atoms with Crippen LogP contribution in [0.15, 0.2) is 18.2 Å². The van der Waals surface area contributed by atoms with E-state index in [2.05, 4.69) is 10.6 Å². The minimum absolute atomic E-state index is 0.108. The van der Waals surface area contributed by atoms with E-state index >= 15 is 0 Å². The van der Waals surface area contributed by atoms with Gasteiger partial charge in [0, 0.05) is 31.5 Å². The number of piperidine rings is 1. The van der Waals surface area contributed by atoms with Gasteiger partial charge in [0.25, 0.3) is 0 Å². The van der Waals surface area contributed by atoms with Gasteiger partial charge in [-0.25, -0.2) is 0 Å². The lowest BCUT2D eigenvalue weighted by atomic mass is 9.96. The highest BCUT2D eigenvalue weighted by molar-refractivity contribution is 5.94. The largest absolute Gasteiger partial charge is 0.416 e. The highest BCUT2D eigenvalue weighted by Crippen LogP contribution is 2.36. The highest BCUT2D eigenvalue weighted by Gasteiger charge is 2.32. The van der Waals surface area contributed by atoms with Gasteiger partial charge in [0.15, 0.2) is 0 Å². The van der Waals surface area contributed by atoms with Crippen molar-refractivity contribution in [3.8, 4) is 0 Å². The Bertz CT molecular complexity index is 721. The summed E-state index contributed by atoms with van der Waals surface area (Å²) in [6, 6.07) is 3.50. The molecule has 0 atom stereocenters. The average molecular weight is 413 g/mol. The van der Waals surface area contributed by atoms with Crippen LogP contribution in [0.2, 0.25) is 0 Å². The van der Waals surface area contributed by atoms with Crippen LogP contribution in [0.1, 0.15) is 58.4 Å². The molecular weight excluding hydrogens is 383 g/mol. The molecule has 1 saturated heterocycles. The van der Waals surface area contributed by atoms with E-state index in [4.69, 9.17) is 0 Å². The standard InChI is InChI=1S/C21H30F3N3O2/c1-20(2,3)19(29)25-11-7-8-18(28)26-16-14-15(21(22,23)24)9-10-17(16)27-12-5-4-6-13-27/h9-10,14H,4-8,11-13H2,1-3H3,(H,25,29)(H,26,28). The minimum atomic E-state index is -4.48. The second-order valence-electron chi connectivity index (χ2n) is 8.44. The fraction of sp³-hybridized carbons (Fsp3) is 0.619. The summed E-state index contributed by atoms with van der Waals surface area (Å²) in [7, 11) is 0. The third kappa shape index (κ3) is 6.94. The van der Waals surface area contributed by atoms with E-state index in [9.17, 15) is 22.8 Å². The fourth-order valence-electron chi connectivity index (χ4n) is 3.15. The molecule has 162 valence electrons. The molecular formula is C21H30F3N3O2. The van der Waals surface area contributed by atoms with Crippen LogP contribution >= 0.6 is 0 Å². The number of rotatable bonds is 6. The molecule has 1 aromatic rings. The molecule has 0 aliphatic carbocycles. The van der Waals surface area contributed by atoms with Gasteiger partial charge >= 0.3 is 6.18 Å². The first-order valence-corrected chi connectivity index (χ1v) is 10.0. The summed E-state index contributed by atoms with van der Waals surface area (Å²) in [5.41, 5.74) is -0.493. The molecule has 1 aliphatic heterocycles. The van der Waals surface area contributed by atoms with Gasteiger partial charge in [-0.3, -0.25) is 9.59 Å². The topological polar surface area (TPSA) is 61.4 Å². The van der Waals surface area contributed by atoms with E-state index in [1.807, 2.05) is 4.90 Å². The summed E-state index contributed by atoms with van der Waals surface area (Å²) in [4.78, 5) is 26.2. The van der Waals surface area contributed by atoms with Crippen LogP contribution < -0.4 is 15.5 Å². The molecule has 1 heterocycles. The molecule has 2 rings (SSSR count). The molecule has 0 unspecified atom stereocenters. The maximum atomic E-state index is 13.1. The lowest BCUT2D eigenvalue weighted by Crippen LogP contribution is -2.35. The Morgan fingerprint density at radius 1 is 1.07 bits per heavy atom. The van der Waals surface area contributed by atoms with E-state index in [1.165, 1.54) is 6.07 Å². The first-order chi connectivity index (χ1) is 13.5. The Morgan fingerprint density at radius 3 is 2.31 bits per heavy atom. The normalized spacial score (nSPS) is 15.2. The molecule has 2 amide bonds. The van der Waals surface area contributed by atoms with Gasteiger partial charge in [-0.1, -0.05) is 20.8 Å². The Kier molecular flexibility index (Phi) is 7.54. The van der Waals surface area contributed by atoms with Crippen molar-refractivity contribution in [3.05, 3.63) is 23.8 Å². The van der Waals surface area contributed by atoms with Crippen LogP contribution in [0.25, 0.3) is 0 Å². The van der Waals surface area contributed by atoms with Crippen molar-refractivity contribution in [1.29, 1.82) is 0 Å². The maximum Gasteiger partial charge on any atom is 0.416 e. The molecule has 0 spiro atoms. The van der Waals surface area contributed by atoms with E-state index in [0.29, 0.717) is 18.7 Å². The molecule has 1 aromatic carbocycles. The summed E-state index contributed by atoms with van der Waals surface area (Å²) < 4.78 is 39.4. The number of benzene rings is 1. The zero-order chi connectivity index (χ0) is 21.7. The van der Waals surface area contributed by atoms with Crippen molar-refractivity contribution in [2.75, 3.05) is 29.9 Å². The number of nitrogens with zero attached hydrogens (tertiary/aromatic N) is 1. The second kappa shape index (κ2) is 9.50. The quantitative estimate of drug-likeness (QED) is 0.672. The molecule has 0 aromatic heterocycles. The van der Waals surface area contributed by atoms with Crippen LogP contribution in [0.4, 0.5) is 24.5 Å². The van der Waals surface area contributed by atoms with Crippen molar-refractivity contribution in [2.45, 2.75) is 59.1 Å².